The molecule has 0 radical (unpaired) electrons. The minimum atomic E-state index is -0.323. The van der Waals surface area contributed by atoms with Crippen molar-refractivity contribution in [1.29, 1.82) is 0 Å². The number of halogens is 1. The molecule has 4 nitrogen and oxygen atoms in total. The second kappa shape index (κ2) is 4.28. The van der Waals surface area contributed by atoms with Crippen LogP contribution in [0.1, 0.15) is 5.69 Å². The first-order valence-electron chi connectivity index (χ1n) is 5.75. The van der Waals surface area contributed by atoms with Gasteiger partial charge in [-0.05, 0) is 43.3 Å². The zero-order chi connectivity index (χ0) is 13.4. The lowest BCUT2D eigenvalue weighted by atomic mass is 10.1. The number of nitrogens with zero attached hydrogens (tertiary/aromatic N) is 2. The van der Waals surface area contributed by atoms with Gasteiger partial charge in [-0.3, -0.25) is 0 Å². The Balaban J connectivity index is 2.15. The largest absolute Gasteiger partial charge is 0.461 e. The normalized spacial score (nSPS) is 10.8. The highest BCUT2D eigenvalue weighted by molar-refractivity contribution is 5.66. The van der Waals surface area contributed by atoms with Gasteiger partial charge in [-0.25, -0.2) is 9.37 Å². The lowest BCUT2D eigenvalue weighted by molar-refractivity contribution is 0.193. The molecule has 0 atom stereocenters. The fourth-order valence-electron chi connectivity index (χ4n) is 2.02. The van der Waals surface area contributed by atoms with Crippen LogP contribution in [0.3, 0.4) is 0 Å². The zero-order valence-electron chi connectivity index (χ0n) is 10.2. The second-order valence-electron chi connectivity index (χ2n) is 4.17. The molecule has 0 fully saturated rings. The molecule has 5 heteroatoms. The Labute approximate surface area is 108 Å². The van der Waals surface area contributed by atoms with Crippen LogP contribution in [-0.2, 0) is 0 Å². The molecule has 0 aliphatic heterocycles. The number of hydrogen-bond acceptors (Lipinski definition) is 3. The van der Waals surface area contributed by atoms with Crippen LogP contribution in [0.4, 0.5) is 4.39 Å². The van der Waals surface area contributed by atoms with Crippen molar-refractivity contribution in [2.45, 2.75) is 6.92 Å². The predicted molar refractivity (Wildman–Crippen MR) is 67.2 cm³/mol. The minimum Gasteiger partial charge on any atom is -0.461 e. The summed E-state index contributed by atoms with van der Waals surface area (Å²) in [6.07, 6.45) is 1.51. The molecule has 0 saturated carbocycles. The molecule has 96 valence electrons. The Bertz CT molecular complexity index is 700. The van der Waals surface area contributed by atoms with Gasteiger partial charge in [0.2, 0.25) is 5.82 Å². The second-order valence-corrected chi connectivity index (χ2v) is 4.17. The van der Waals surface area contributed by atoms with Gasteiger partial charge in [0.25, 0.3) is 0 Å². The van der Waals surface area contributed by atoms with Crippen molar-refractivity contribution in [2.75, 3.05) is 0 Å². The number of hydrogen-bond donors (Lipinski definition) is 1. The summed E-state index contributed by atoms with van der Waals surface area (Å²) in [5.41, 5.74) is 1.85. The first kappa shape index (κ1) is 11.5. The van der Waals surface area contributed by atoms with E-state index in [4.69, 9.17) is 4.42 Å². The third-order valence-corrected chi connectivity index (χ3v) is 2.89. The Morgan fingerprint density at radius 1 is 1.21 bits per heavy atom. The van der Waals surface area contributed by atoms with E-state index in [1.54, 1.807) is 31.2 Å². The van der Waals surface area contributed by atoms with E-state index in [-0.39, 0.29) is 5.82 Å². The van der Waals surface area contributed by atoms with E-state index in [1.807, 2.05) is 0 Å². The molecule has 1 aromatic carbocycles. The van der Waals surface area contributed by atoms with Crippen LogP contribution >= 0.6 is 0 Å². The van der Waals surface area contributed by atoms with Crippen LogP contribution in [0.25, 0.3) is 22.8 Å². The van der Waals surface area contributed by atoms with E-state index in [9.17, 15) is 9.60 Å². The van der Waals surface area contributed by atoms with E-state index in [0.29, 0.717) is 28.5 Å². The lowest BCUT2D eigenvalue weighted by Gasteiger charge is -2.04. The van der Waals surface area contributed by atoms with Crippen LogP contribution in [0.5, 0.6) is 0 Å². The fraction of sp³-hybridized carbons (Fsp3) is 0.0714. The number of imidazole rings is 1. The molecule has 0 bridgehead atoms. The third-order valence-electron chi connectivity index (χ3n) is 2.89. The first-order chi connectivity index (χ1) is 9.16. The Hall–Kier alpha value is -2.56. The van der Waals surface area contributed by atoms with Crippen LogP contribution in [0, 0.1) is 12.7 Å². The number of aromatic nitrogens is 2. The highest BCUT2D eigenvalue weighted by Crippen LogP contribution is 2.28. The molecule has 0 unspecified atom stereocenters. The monoisotopic (exact) mass is 258 g/mol. The maximum atomic E-state index is 12.9. The van der Waals surface area contributed by atoms with Crippen LogP contribution in [0.2, 0.25) is 0 Å². The van der Waals surface area contributed by atoms with Crippen LogP contribution in [0.15, 0.2) is 47.1 Å². The zero-order valence-corrected chi connectivity index (χ0v) is 10.2. The van der Waals surface area contributed by atoms with Crippen molar-refractivity contribution < 1.29 is 14.0 Å². The number of furan rings is 1. The minimum absolute atomic E-state index is 0.321. The summed E-state index contributed by atoms with van der Waals surface area (Å²) < 4.78 is 19.1. The first-order valence-corrected chi connectivity index (χ1v) is 5.75. The maximum absolute atomic E-state index is 12.9. The van der Waals surface area contributed by atoms with Gasteiger partial charge < -0.3 is 9.62 Å². The van der Waals surface area contributed by atoms with Crippen molar-refractivity contribution in [3.8, 4) is 22.8 Å². The third kappa shape index (κ3) is 1.89. The van der Waals surface area contributed by atoms with Crippen molar-refractivity contribution in [2.24, 2.45) is 0 Å². The highest BCUT2D eigenvalue weighted by atomic mass is 19.1. The van der Waals surface area contributed by atoms with Crippen molar-refractivity contribution >= 4 is 0 Å². The molecule has 3 rings (SSSR count). The molecule has 0 aliphatic rings. The molecule has 0 amide bonds. The Kier molecular flexibility index (Phi) is 2.59. The Morgan fingerprint density at radius 2 is 1.95 bits per heavy atom. The summed E-state index contributed by atoms with van der Waals surface area (Å²) in [6, 6.07) is 9.30. The molecule has 1 N–H and O–H groups in total. The summed E-state index contributed by atoms with van der Waals surface area (Å²) in [5.74, 6) is 0.470. The lowest BCUT2D eigenvalue weighted by Crippen LogP contribution is -1.96. The number of benzene rings is 1. The molecule has 0 saturated heterocycles. The van der Waals surface area contributed by atoms with Gasteiger partial charge in [0.1, 0.15) is 11.5 Å². The van der Waals surface area contributed by atoms with Crippen molar-refractivity contribution in [3.05, 3.63) is 54.2 Å². The van der Waals surface area contributed by atoms with Gasteiger partial charge in [-0.15, -0.1) is 0 Å². The van der Waals surface area contributed by atoms with Gasteiger partial charge in [-0.2, -0.15) is 4.73 Å². The van der Waals surface area contributed by atoms with Crippen molar-refractivity contribution in [3.63, 3.8) is 0 Å². The molecule has 3 aromatic rings. The topological polar surface area (TPSA) is 51.2 Å². The maximum Gasteiger partial charge on any atom is 0.212 e. The molecular formula is C14H11FN2O2. The Morgan fingerprint density at radius 3 is 2.58 bits per heavy atom. The summed E-state index contributed by atoms with van der Waals surface area (Å²) in [7, 11) is 0. The van der Waals surface area contributed by atoms with Gasteiger partial charge >= 0.3 is 0 Å². The molecule has 19 heavy (non-hydrogen) atoms. The average molecular weight is 258 g/mol. The summed E-state index contributed by atoms with van der Waals surface area (Å²) in [6.45, 7) is 1.78. The molecule has 2 heterocycles. The van der Waals surface area contributed by atoms with Gasteiger partial charge in [0, 0.05) is 5.56 Å². The molecular weight excluding hydrogens is 247 g/mol. The van der Waals surface area contributed by atoms with Gasteiger partial charge in [0.05, 0.1) is 12.0 Å². The van der Waals surface area contributed by atoms with Gasteiger partial charge in [-0.1, -0.05) is 0 Å². The molecule has 0 aliphatic carbocycles. The van der Waals surface area contributed by atoms with E-state index in [2.05, 4.69) is 4.98 Å². The SMILES string of the molecule is Cc1nc(-c2ccco2)n(O)c1-c1ccc(F)cc1. The van der Waals surface area contributed by atoms with E-state index in [1.165, 1.54) is 18.4 Å². The molecule has 2 aromatic heterocycles. The average Bonchev–Trinajstić information content (AvgIpc) is 3.00. The van der Waals surface area contributed by atoms with Crippen molar-refractivity contribution in [1.82, 2.24) is 9.71 Å². The van der Waals surface area contributed by atoms with Crippen LogP contribution < -0.4 is 0 Å². The van der Waals surface area contributed by atoms with E-state index in [0.717, 1.165) is 4.73 Å². The predicted octanol–water partition coefficient (Wildman–Crippen LogP) is 3.49. The quantitative estimate of drug-likeness (QED) is 0.716. The number of aryl methyl sites for hydroxylation is 1. The van der Waals surface area contributed by atoms with Crippen LogP contribution in [-0.4, -0.2) is 14.9 Å². The van der Waals surface area contributed by atoms with E-state index >= 15 is 0 Å². The summed E-state index contributed by atoms with van der Waals surface area (Å²) >= 11 is 0. The smallest absolute Gasteiger partial charge is 0.212 e. The van der Waals surface area contributed by atoms with E-state index < -0.39 is 0 Å². The standard InChI is InChI=1S/C14H11FN2O2/c1-9-13(10-4-6-11(15)7-5-10)17(18)14(16-9)12-3-2-8-19-12/h2-8,18H,1H3. The summed E-state index contributed by atoms with van der Waals surface area (Å²) in [5, 5.41) is 10.2. The number of rotatable bonds is 2. The molecule has 0 spiro atoms. The van der Waals surface area contributed by atoms with Gasteiger partial charge in [0.15, 0.2) is 5.76 Å². The summed E-state index contributed by atoms with van der Waals surface area (Å²) in [4.78, 5) is 4.28. The highest BCUT2D eigenvalue weighted by Gasteiger charge is 2.18. The fourth-order valence-corrected chi connectivity index (χ4v) is 2.02.